The summed E-state index contributed by atoms with van der Waals surface area (Å²) in [5.41, 5.74) is 0.942. The molecule has 0 N–H and O–H groups in total. The molecule has 50 valence electrons. The van der Waals surface area contributed by atoms with E-state index in [2.05, 4.69) is 9.99 Å². The lowest BCUT2D eigenvalue weighted by molar-refractivity contribution is 0.213. The van der Waals surface area contributed by atoms with Gasteiger partial charge in [-0.25, -0.2) is 0 Å². The van der Waals surface area contributed by atoms with Gasteiger partial charge in [-0.05, 0) is 13.8 Å². The molecule has 0 radical (unpaired) electrons. The van der Waals surface area contributed by atoms with Crippen LogP contribution in [0, 0.1) is 0 Å². The number of oxime groups is 1. The summed E-state index contributed by atoms with van der Waals surface area (Å²) in [6.07, 6.45) is 0. The van der Waals surface area contributed by atoms with E-state index in [1.165, 1.54) is 7.11 Å². The van der Waals surface area contributed by atoms with Gasteiger partial charge in [-0.15, -0.1) is 0 Å². The van der Waals surface area contributed by atoms with Gasteiger partial charge in [0.25, 0.3) is 0 Å². The summed E-state index contributed by atoms with van der Waals surface area (Å²) < 4.78 is 0. The average molecular weight is 117 g/mol. The molecule has 0 atom stereocenters. The zero-order valence-corrected chi connectivity index (χ0v) is 6.36. The summed E-state index contributed by atoms with van der Waals surface area (Å²) in [7, 11) is 1.53. The molecule has 0 fully saturated rings. The van der Waals surface area contributed by atoms with Crippen LogP contribution in [0.25, 0.3) is 0 Å². The Bertz CT molecular complexity index is 55.5. The van der Waals surface area contributed by atoms with E-state index in [1.54, 1.807) is 0 Å². The Morgan fingerprint density at radius 1 is 1.25 bits per heavy atom. The van der Waals surface area contributed by atoms with E-state index in [1.807, 2.05) is 27.7 Å². The first-order chi connectivity index (χ1) is 3.77. The van der Waals surface area contributed by atoms with Gasteiger partial charge in [0, 0.05) is 0 Å². The molecule has 0 aromatic rings. The second-order valence-corrected chi connectivity index (χ2v) is 1.22. The lowest BCUT2D eigenvalue weighted by Crippen LogP contribution is -1.79. The van der Waals surface area contributed by atoms with Crippen molar-refractivity contribution in [1.82, 2.24) is 0 Å². The molecule has 0 heterocycles. The molecule has 0 amide bonds. The van der Waals surface area contributed by atoms with Crippen molar-refractivity contribution in [1.29, 1.82) is 0 Å². The van der Waals surface area contributed by atoms with Gasteiger partial charge in [0.15, 0.2) is 0 Å². The fraction of sp³-hybridized carbons (Fsp3) is 0.833. The van der Waals surface area contributed by atoms with Gasteiger partial charge in [0.1, 0.15) is 7.11 Å². The molecule has 0 aromatic heterocycles. The molecule has 0 rings (SSSR count). The second-order valence-electron chi connectivity index (χ2n) is 1.22. The zero-order valence-electron chi connectivity index (χ0n) is 6.36. The van der Waals surface area contributed by atoms with Crippen LogP contribution in [0.5, 0.6) is 0 Å². The standard InChI is InChI=1S/C4H9NO.C2H6/c1-4(2)5-6-3;1-2/h1-3H3;1-2H3. The molecule has 0 aliphatic heterocycles. The van der Waals surface area contributed by atoms with Gasteiger partial charge in [0.2, 0.25) is 0 Å². The van der Waals surface area contributed by atoms with Gasteiger partial charge in [-0.3, -0.25) is 0 Å². The Labute approximate surface area is 51.5 Å². The molecule has 0 aliphatic carbocycles. The zero-order chi connectivity index (χ0) is 6.99. The smallest absolute Gasteiger partial charge is 0.106 e. The minimum absolute atomic E-state index is 0.942. The van der Waals surface area contributed by atoms with Gasteiger partial charge < -0.3 is 4.84 Å². The number of nitrogens with zero attached hydrogens (tertiary/aromatic N) is 1. The van der Waals surface area contributed by atoms with E-state index in [9.17, 15) is 0 Å². The average Bonchev–Trinajstić information content (AvgIpc) is 1.72. The maximum atomic E-state index is 4.39. The number of hydrogen-bond acceptors (Lipinski definition) is 2. The van der Waals surface area contributed by atoms with Crippen LogP contribution in [0.2, 0.25) is 0 Å². The van der Waals surface area contributed by atoms with Crippen molar-refractivity contribution in [2.75, 3.05) is 7.11 Å². The van der Waals surface area contributed by atoms with Crippen molar-refractivity contribution in [2.24, 2.45) is 5.16 Å². The predicted molar refractivity (Wildman–Crippen MR) is 37.1 cm³/mol. The Hall–Kier alpha value is -0.530. The lowest BCUT2D eigenvalue weighted by Gasteiger charge is -1.83. The van der Waals surface area contributed by atoms with E-state index in [4.69, 9.17) is 0 Å². The van der Waals surface area contributed by atoms with Crippen molar-refractivity contribution in [3.63, 3.8) is 0 Å². The Balaban J connectivity index is 0. The van der Waals surface area contributed by atoms with Crippen LogP contribution in [0.15, 0.2) is 5.16 Å². The van der Waals surface area contributed by atoms with E-state index in [0.717, 1.165) is 5.71 Å². The van der Waals surface area contributed by atoms with Crippen LogP contribution in [0.4, 0.5) is 0 Å². The number of hydrogen-bond donors (Lipinski definition) is 0. The van der Waals surface area contributed by atoms with E-state index < -0.39 is 0 Å². The summed E-state index contributed by atoms with van der Waals surface area (Å²) in [4.78, 5) is 4.39. The van der Waals surface area contributed by atoms with Crippen LogP contribution in [0.3, 0.4) is 0 Å². The summed E-state index contributed by atoms with van der Waals surface area (Å²) in [5, 5.41) is 3.54. The number of rotatable bonds is 1. The molecule has 0 saturated heterocycles. The van der Waals surface area contributed by atoms with E-state index in [0.29, 0.717) is 0 Å². The van der Waals surface area contributed by atoms with Crippen LogP contribution >= 0.6 is 0 Å². The van der Waals surface area contributed by atoms with Crippen LogP contribution in [0.1, 0.15) is 27.7 Å². The van der Waals surface area contributed by atoms with Gasteiger partial charge >= 0.3 is 0 Å². The van der Waals surface area contributed by atoms with Crippen molar-refractivity contribution < 1.29 is 4.84 Å². The SMILES string of the molecule is CC.CON=C(C)C. The van der Waals surface area contributed by atoms with Crippen molar-refractivity contribution in [3.05, 3.63) is 0 Å². The molecule has 0 unspecified atom stereocenters. The third-order valence-corrected chi connectivity index (χ3v) is 0.274. The van der Waals surface area contributed by atoms with Crippen molar-refractivity contribution in [3.8, 4) is 0 Å². The van der Waals surface area contributed by atoms with E-state index in [-0.39, 0.29) is 0 Å². The van der Waals surface area contributed by atoms with Gasteiger partial charge in [-0.1, -0.05) is 19.0 Å². The molecule has 0 aromatic carbocycles. The van der Waals surface area contributed by atoms with Crippen molar-refractivity contribution in [2.45, 2.75) is 27.7 Å². The summed E-state index contributed by atoms with van der Waals surface area (Å²) in [5.74, 6) is 0. The lowest BCUT2D eigenvalue weighted by atomic mass is 10.5. The van der Waals surface area contributed by atoms with Gasteiger partial charge in [0.05, 0.1) is 5.71 Å². The summed E-state index contributed by atoms with van der Waals surface area (Å²) >= 11 is 0. The fourth-order valence-corrected chi connectivity index (χ4v) is 0.183. The quantitative estimate of drug-likeness (QED) is 0.380. The molecular weight excluding hydrogens is 102 g/mol. The second kappa shape index (κ2) is 9.69. The van der Waals surface area contributed by atoms with Crippen LogP contribution in [-0.4, -0.2) is 12.8 Å². The van der Waals surface area contributed by atoms with Gasteiger partial charge in [-0.2, -0.15) is 0 Å². The molecule has 0 saturated carbocycles. The van der Waals surface area contributed by atoms with E-state index >= 15 is 0 Å². The monoisotopic (exact) mass is 117 g/mol. The molecule has 0 aliphatic rings. The van der Waals surface area contributed by atoms with Crippen molar-refractivity contribution >= 4 is 5.71 Å². The fourth-order valence-electron chi connectivity index (χ4n) is 0.183. The first-order valence-electron chi connectivity index (χ1n) is 2.81. The minimum atomic E-state index is 0.942. The highest BCUT2D eigenvalue weighted by Crippen LogP contribution is 1.71. The third kappa shape index (κ3) is 17.9. The molecule has 2 nitrogen and oxygen atoms in total. The van der Waals surface area contributed by atoms with Crippen LogP contribution in [-0.2, 0) is 4.84 Å². The maximum absolute atomic E-state index is 4.39. The predicted octanol–water partition coefficient (Wildman–Crippen LogP) is 2.05. The molecule has 8 heavy (non-hydrogen) atoms. The molecule has 0 spiro atoms. The first-order valence-corrected chi connectivity index (χ1v) is 2.81. The normalized spacial score (nSPS) is 6.12. The minimum Gasteiger partial charge on any atom is -0.399 e. The highest BCUT2D eigenvalue weighted by atomic mass is 16.6. The molecular formula is C6H15NO. The summed E-state index contributed by atoms with van der Waals surface area (Å²) in [6.45, 7) is 7.76. The Morgan fingerprint density at radius 2 is 1.62 bits per heavy atom. The molecule has 0 bridgehead atoms. The highest BCUT2D eigenvalue weighted by molar-refractivity contribution is 5.78. The highest BCUT2D eigenvalue weighted by Gasteiger charge is 1.69. The first kappa shape index (κ1) is 10.5. The third-order valence-electron chi connectivity index (χ3n) is 0.274. The maximum Gasteiger partial charge on any atom is 0.106 e. The Kier molecular flexibility index (Phi) is 12.7. The van der Waals surface area contributed by atoms with Crippen LogP contribution < -0.4 is 0 Å². The largest absolute Gasteiger partial charge is 0.399 e. The summed E-state index contributed by atoms with van der Waals surface area (Å²) in [6, 6.07) is 0. The Morgan fingerprint density at radius 3 is 1.62 bits per heavy atom. The topological polar surface area (TPSA) is 21.6 Å². The molecule has 2 heteroatoms.